The largest absolute Gasteiger partial charge is 0.458 e. The zero-order valence-electron chi connectivity index (χ0n) is 15.7. The summed E-state index contributed by atoms with van der Waals surface area (Å²) < 4.78 is 6.89. The summed E-state index contributed by atoms with van der Waals surface area (Å²) in [7, 11) is 0. The molecular formula is C23H27BrO2. The van der Waals surface area contributed by atoms with Crippen molar-refractivity contribution >= 4 is 32.7 Å². The molecule has 138 valence electrons. The standard InChI is InChI=1S/C23H27BrO2/c1-13-14(2)21-11-18(13)10-19(21)12-23(25)26-15(3)16-7-8-20-17(9-16)5-4-6-22(20)24/h4-9,13-15,18-19,21H,10-12H2,1-3H3. The Morgan fingerprint density at radius 2 is 2.00 bits per heavy atom. The molecule has 0 aliphatic heterocycles. The van der Waals surface area contributed by atoms with E-state index in [9.17, 15) is 4.79 Å². The zero-order chi connectivity index (χ0) is 18.4. The van der Waals surface area contributed by atoms with Crippen LogP contribution in [0, 0.1) is 29.6 Å². The number of ether oxygens (including phenoxy) is 1. The van der Waals surface area contributed by atoms with E-state index in [1.165, 1.54) is 18.2 Å². The van der Waals surface area contributed by atoms with Crippen molar-refractivity contribution in [3.63, 3.8) is 0 Å². The monoisotopic (exact) mass is 414 g/mol. The molecule has 6 unspecified atom stereocenters. The third kappa shape index (κ3) is 3.19. The molecule has 4 rings (SSSR count). The number of halogens is 1. The van der Waals surface area contributed by atoms with Crippen LogP contribution in [0.2, 0.25) is 0 Å². The molecule has 2 aliphatic rings. The molecule has 3 heteroatoms. The fourth-order valence-corrected chi connectivity index (χ4v) is 5.89. The SMILES string of the molecule is CC(OC(=O)CC1CC2CC1C(C)C2C)c1ccc2c(Br)cccc2c1. The Kier molecular flexibility index (Phi) is 4.85. The third-order valence-electron chi connectivity index (χ3n) is 7.09. The highest BCUT2D eigenvalue weighted by molar-refractivity contribution is 9.10. The second kappa shape index (κ2) is 6.99. The highest BCUT2D eigenvalue weighted by Crippen LogP contribution is 2.55. The van der Waals surface area contributed by atoms with E-state index in [1.54, 1.807) is 0 Å². The minimum absolute atomic E-state index is 0.0377. The van der Waals surface area contributed by atoms with Crippen molar-refractivity contribution in [2.75, 3.05) is 0 Å². The van der Waals surface area contributed by atoms with Crippen LogP contribution in [0.4, 0.5) is 0 Å². The Labute approximate surface area is 164 Å². The normalized spacial score (nSPS) is 31.3. The Balaban J connectivity index is 1.40. The van der Waals surface area contributed by atoms with Gasteiger partial charge in [0.2, 0.25) is 0 Å². The van der Waals surface area contributed by atoms with Crippen molar-refractivity contribution in [3.05, 3.63) is 46.4 Å². The lowest BCUT2D eigenvalue weighted by atomic mass is 9.74. The Morgan fingerprint density at radius 3 is 2.73 bits per heavy atom. The van der Waals surface area contributed by atoms with E-state index in [0.29, 0.717) is 12.3 Å². The van der Waals surface area contributed by atoms with Gasteiger partial charge in [-0.1, -0.05) is 54.0 Å². The molecule has 0 saturated heterocycles. The van der Waals surface area contributed by atoms with Crippen LogP contribution in [0.15, 0.2) is 40.9 Å². The summed E-state index contributed by atoms with van der Waals surface area (Å²) in [5, 5.41) is 2.34. The number of hydrogen-bond donors (Lipinski definition) is 0. The van der Waals surface area contributed by atoms with Gasteiger partial charge in [-0.15, -0.1) is 0 Å². The Morgan fingerprint density at radius 1 is 1.19 bits per heavy atom. The highest BCUT2D eigenvalue weighted by atomic mass is 79.9. The maximum absolute atomic E-state index is 12.5. The zero-order valence-corrected chi connectivity index (χ0v) is 17.3. The highest BCUT2D eigenvalue weighted by Gasteiger charge is 2.49. The van der Waals surface area contributed by atoms with Crippen molar-refractivity contribution < 1.29 is 9.53 Å². The molecule has 0 radical (unpaired) electrons. The number of carbonyl (C=O) groups is 1. The molecule has 0 spiro atoms. The van der Waals surface area contributed by atoms with Gasteiger partial charge in [-0.05, 0) is 77.8 Å². The van der Waals surface area contributed by atoms with Crippen LogP contribution >= 0.6 is 15.9 Å². The van der Waals surface area contributed by atoms with Gasteiger partial charge in [-0.2, -0.15) is 0 Å². The molecule has 2 nitrogen and oxygen atoms in total. The molecule has 6 atom stereocenters. The number of carbonyl (C=O) groups excluding carboxylic acids is 1. The summed E-state index contributed by atoms with van der Waals surface area (Å²) in [6.45, 7) is 6.72. The first kappa shape index (κ1) is 18.0. The maximum Gasteiger partial charge on any atom is 0.306 e. The van der Waals surface area contributed by atoms with E-state index in [4.69, 9.17) is 4.74 Å². The van der Waals surface area contributed by atoms with Gasteiger partial charge in [-0.25, -0.2) is 0 Å². The van der Waals surface area contributed by atoms with Gasteiger partial charge in [0.15, 0.2) is 0 Å². The molecule has 2 saturated carbocycles. The molecule has 0 N–H and O–H groups in total. The van der Waals surface area contributed by atoms with Crippen molar-refractivity contribution in [2.45, 2.75) is 46.1 Å². The van der Waals surface area contributed by atoms with Crippen LogP contribution in [0.25, 0.3) is 10.8 Å². The van der Waals surface area contributed by atoms with E-state index >= 15 is 0 Å². The van der Waals surface area contributed by atoms with Gasteiger partial charge in [-0.3, -0.25) is 4.79 Å². The minimum Gasteiger partial charge on any atom is -0.458 e. The predicted molar refractivity (Wildman–Crippen MR) is 109 cm³/mol. The predicted octanol–water partition coefficient (Wildman–Crippen LogP) is 6.52. The van der Waals surface area contributed by atoms with Crippen LogP contribution in [0.1, 0.15) is 51.7 Å². The summed E-state index contributed by atoms with van der Waals surface area (Å²) in [5.41, 5.74) is 1.05. The minimum atomic E-state index is -0.208. The molecule has 0 aromatic heterocycles. The van der Waals surface area contributed by atoms with Gasteiger partial charge >= 0.3 is 5.97 Å². The second-order valence-corrected chi connectivity index (χ2v) is 9.28. The smallest absolute Gasteiger partial charge is 0.306 e. The first-order chi connectivity index (χ1) is 12.4. The Bertz CT molecular complexity index is 828. The number of benzene rings is 2. The quantitative estimate of drug-likeness (QED) is 0.531. The number of fused-ring (bicyclic) bond motifs is 3. The molecular weight excluding hydrogens is 388 g/mol. The first-order valence-corrected chi connectivity index (χ1v) is 10.6. The molecule has 2 bridgehead atoms. The average molecular weight is 415 g/mol. The van der Waals surface area contributed by atoms with Crippen LogP contribution in [-0.2, 0) is 9.53 Å². The van der Waals surface area contributed by atoms with Crippen LogP contribution in [0.3, 0.4) is 0 Å². The summed E-state index contributed by atoms with van der Waals surface area (Å²) in [4.78, 5) is 12.5. The second-order valence-electron chi connectivity index (χ2n) is 8.43. The molecule has 0 heterocycles. The number of rotatable bonds is 4. The van der Waals surface area contributed by atoms with Crippen molar-refractivity contribution in [2.24, 2.45) is 29.6 Å². The lowest BCUT2D eigenvalue weighted by Gasteiger charge is -2.31. The summed E-state index contributed by atoms with van der Waals surface area (Å²) in [5.74, 6) is 3.61. The van der Waals surface area contributed by atoms with E-state index < -0.39 is 0 Å². The van der Waals surface area contributed by atoms with Gasteiger partial charge in [0.1, 0.15) is 6.10 Å². The molecule has 2 fully saturated rings. The fourth-order valence-electron chi connectivity index (χ4n) is 5.37. The molecule has 2 aromatic carbocycles. The average Bonchev–Trinajstić information content (AvgIpc) is 3.14. The summed E-state index contributed by atoms with van der Waals surface area (Å²) >= 11 is 3.59. The van der Waals surface area contributed by atoms with Gasteiger partial charge in [0, 0.05) is 10.9 Å². The lowest BCUT2D eigenvalue weighted by Crippen LogP contribution is -2.26. The van der Waals surface area contributed by atoms with Crippen molar-refractivity contribution in [3.8, 4) is 0 Å². The van der Waals surface area contributed by atoms with Crippen LogP contribution in [-0.4, -0.2) is 5.97 Å². The van der Waals surface area contributed by atoms with Crippen LogP contribution < -0.4 is 0 Å². The van der Waals surface area contributed by atoms with Crippen molar-refractivity contribution in [1.82, 2.24) is 0 Å². The summed E-state index contributed by atoms with van der Waals surface area (Å²) in [6, 6.07) is 12.5. The number of esters is 1. The van der Waals surface area contributed by atoms with Gasteiger partial charge < -0.3 is 4.74 Å². The maximum atomic E-state index is 12.5. The number of hydrogen-bond acceptors (Lipinski definition) is 2. The Hall–Kier alpha value is -1.35. The summed E-state index contributed by atoms with van der Waals surface area (Å²) in [6.07, 6.45) is 2.90. The topological polar surface area (TPSA) is 26.3 Å². The lowest BCUT2D eigenvalue weighted by molar-refractivity contribution is -0.150. The molecule has 0 amide bonds. The molecule has 2 aromatic rings. The van der Waals surface area contributed by atoms with Gasteiger partial charge in [0.25, 0.3) is 0 Å². The van der Waals surface area contributed by atoms with Gasteiger partial charge in [0.05, 0.1) is 0 Å². The van der Waals surface area contributed by atoms with Crippen LogP contribution in [0.5, 0.6) is 0 Å². The fraction of sp³-hybridized carbons (Fsp3) is 0.522. The van der Waals surface area contributed by atoms with Crippen molar-refractivity contribution in [1.29, 1.82) is 0 Å². The van der Waals surface area contributed by atoms with E-state index in [0.717, 1.165) is 39.1 Å². The van der Waals surface area contributed by atoms with E-state index in [1.807, 2.05) is 19.1 Å². The van der Waals surface area contributed by atoms with E-state index in [-0.39, 0.29) is 12.1 Å². The third-order valence-corrected chi connectivity index (χ3v) is 7.78. The van der Waals surface area contributed by atoms with E-state index in [2.05, 4.69) is 54.0 Å². The first-order valence-electron chi connectivity index (χ1n) is 9.81. The molecule has 2 aliphatic carbocycles. The molecule has 26 heavy (non-hydrogen) atoms.